The van der Waals surface area contributed by atoms with Crippen molar-refractivity contribution in [1.29, 1.82) is 0 Å². The molecule has 5 atom stereocenters. The summed E-state index contributed by atoms with van der Waals surface area (Å²) in [7, 11) is 0. The fraction of sp³-hybridized carbons (Fsp3) is 0.474. The summed E-state index contributed by atoms with van der Waals surface area (Å²) in [5.74, 6) is -1.35. The molecule has 3 saturated heterocycles. The number of aryl methyl sites for hydroxylation is 1. The van der Waals surface area contributed by atoms with Crippen molar-refractivity contribution in [3.05, 3.63) is 42.0 Å². The first-order valence-corrected chi connectivity index (χ1v) is 8.60. The first kappa shape index (κ1) is 15.3. The zero-order valence-electron chi connectivity index (χ0n) is 13.9. The molecule has 0 N–H and O–H groups in total. The number of hydrogen-bond acceptors (Lipinski definition) is 5. The molecule has 5 rings (SSSR count). The molecule has 6 heteroatoms. The van der Waals surface area contributed by atoms with Crippen LogP contribution in [0.25, 0.3) is 0 Å². The van der Waals surface area contributed by atoms with Gasteiger partial charge in [0.05, 0.1) is 43.4 Å². The van der Waals surface area contributed by atoms with Crippen LogP contribution in [-0.4, -0.2) is 49.4 Å². The third-order valence-electron chi connectivity index (χ3n) is 5.48. The molecule has 0 spiro atoms. The number of amides is 2. The number of epoxide rings is 1. The Bertz CT molecular complexity index is 769. The van der Waals surface area contributed by atoms with Crippen LogP contribution in [0.3, 0.4) is 0 Å². The zero-order valence-corrected chi connectivity index (χ0v) is 13.9. The van der Waals surface area contributed by atoms with Gasteiger partial charge in [0.15, 0.2) is 0 Å². The lowest BCUT2D eigenvalue weighted by atomic mass is 9.77. The van der Waals surface area contributed by atoms with E-state index in [0.717, 1.165) is 12.2 Å². The van der Waals surface area contributed by atoms with Crippen LogP contribution < -0.4 is 4.90 Å². The van der Waals surface area contributed by atoms with Crippen molar-refractivity contribution in [1.82, 2.24) is 0 Å². The molecule has 25 heavy (non-hydrogen) atoms. The third kappa shape index (κ3) is 2.21. The highest BCUT2D eigenvalue weighted by Gasteiger charge is 2.67. The van der Waals surface area contributed by atoms with E-state index in [9.17, 15) is 9.59 Å². The molecule has 1 aromatic rings. The highest BCUT2D eigenvalue weighted by atomic mass is 16.6. The van der Waals surface area contributed by atoms with Crippen molar-refractivity contribution in [2.45, 2.75) is 24.7 Å². The molecule has 0 radical (unpaired) electrons. The minimum absolute atomic E-state index is 0.153. The molecule has 2 amide bonds. The Morgan fingerprint density at radius 2 is 2.00 bits per heavy atom. The van der Waals surface area contributed by atoms with Gasteiger partial charge >= 0.3 is 0 Å². The summed E-state index contributed by atoms with van der Waals surface area (Å²) in [4.78, 5) is 27.4. The van der Waals surface area contributed by atoms with Gasteiger partial charge in [-0.1, -0.05) is 29.8 Å². The van der Waals surface area contributed by atoms with Crippen LogP contribution in [0.1, 0.15) is 5.56 Å². The SMILES string of the molecule is Cc1ccc(N2C(=O)[C@@H]3[C@@H](C2=O)[C@]2(COC[C@@H]4CO4)C=C[C@H]3O2)cc1. The van der Waals surface area contributed by atoms with E-state index in [1.54, 1.807) is 0 Å². The first-order valence-electron chi connectivity index (χ1n) is 8.60. The van der Waals surface area contributed by atoms with E-state index in [-0.39, 0.29) is 30.6 Å². The molecule has 3 fully saturated rings. The number of rotatable bonds is 5. The number of benzene rings is 1. The van der Waals surface area contributed by atoms with E-state index in [1.807, 2.05) is 43.3 Å². The van der Waals surface area contributed by atoms with Gasteiger partial charge < -0.3 is 14.2 Å². The number of carbonyl (C=O) groups is 2. The normalized spacial score (nSPS) is 37.9. The van der Waals surface area contributed by atoms with Gasteiger partial charge in [0.2, 0.25) is 11.8 Å². The second-order valence-corrected chi connectivity index (χ2v) is 7.22. The van der Waals surface area contributed by atoms with Crippen molar-refractivity contribution in [2.75, 3.05) is 24.7 Å². The summed E-state index contributed by atoms with van der Waals surface area (Å²) in [6.45, 7) is 3.45. The highest BCUT2D eigenvalue weighted by Crippen LogP contribution is 2.52. The van der Waals surface area contributed by atoms with E-state index in [1.165, 1.54) is 4.90 Å². The number of ether oxygens (including phenoxy) is 3. The van der Waals surface area contributed by atoms with Crippen molar-refractivity contribution < 1.29 is 23.8 Å². The summed E-state index contributed by atoms with van der Waals surface area (Å²) in [5.41, 5.74) is 0.869. The fourth-order valence-corrected chi connectivity index (χ4v) is 4.13. The number of hydrogen-bond donors (Lipinski definition) is 0. The number of anilines is 1. The maximum Gasteiger partial charge on any atom is 0.241 e. The smallest absolute Gasteiger partial charge is 0.241 e. The van der Waals surface area contributed by atoms with Gasteiger partial charge in [-0.3, -0.25) is 9.59 Å². The molecule has 1 aromatic carbocycles. The summed E-state index contributed by atoms with van der Waals surface area (Å²) in [6, 6.07) is 7.44. The van der Waals surface area contributed by atoms with Gasteiger partial charge in [-0.15, -0.1) is 0 Å². The number of nitrogens with zero attached hydrogens (tertiary/aromatic N) is 1. The maximum atomic E-state index is 13.1. The van der Waals surface area contributed by atoms with Crippen molar-refractivity contribution >= 4 is 17.5 Å². The van der Waals surface area contributed by atoms with Crippen LogP contribution in [0.4, 0.5) is 5.69 Å². The van der Waals surface area contributed by atoms with Crippen LogP contribution in [-0.2, 0) is 23.8 Å². The predicted molar refractivity (Wildman–Crippen MR) is 88.0 cm³/mol. The maximum absolute atomic E-state index is 13.1. The second-order valence-electron chi connectivity index (χ2n) is 7.22. The molecule has 2 bridgehead atoms. The molecule has 6 nitrogen and oxygen atoms in total. The van der Waals surface area contributed by atoms with Gasteiger partial charge in [-0.2, -0.15) is 0 Å². The highest BCUT2D eigenvalue weighted by molar-refractivity contribution is 6.23. The van der Waals surface area contributed by atoms with E-state index < -0.39 is 17.4 Å². The van der Waals surface area contributed by atoms with Gasteiger partial charge in [0.1, 0.15) is 11.7 Å². The molecular formula is C19H19NO5. The Morgan fingerprint density at radius 1 is 1.24 bits per heavy atom. The molecular weight excluding hydrogens is 322 g/mol. The van der Waals surface area contributed by atoms with Crippen molar-refractivity contribution in [2.24, 2.45) is 11.8 Å². The Labute approximate surface area is 145 Å². The van der Waals surface area contributed by atoms with Crippen molar-refractivity contribution in [3.8, 4) is 0 Å². The van der Waals surface area contributed by atoms with E-state index in [4.69, 9.17) is 14.2 Å². The molecule has 4 heterocycles. The molecule has 0 aromatic heterocycles. The Hall–Kier alpha value is -2.02. The van der Waals surface area contributed by atoms with Crippen LogP contribution >= 0.6 is 0 Å². The molecule has 0 aliphatic carbocycles. The molecule has 4 aliphatic rings. The minimum atomic E-state index is -0.837. The second kappa shape index (κ2) is 5.24. The van der Waals surface area contributed by atoms with Crippen LogP contribution in [0.15, 0.2) is 36.4 Å². The Kier molecular flexibility index (Phi) is 3.20. The lowest BCUT2D eigenvalue weighted by Crippen LogP contribution is -2.44. The molecule has 0 unspecified atom stereocenters. The van der Waals surface area contributed by atoms with E-state index >= 15 is 0 Å². The van der Waals surface area contributed by atoms with Gasteiger partial charge in [0, 0.05) is 0 Å². The molecule has 130 valence electrons. The van der Waals surface area contributed by atoms with Gasteiger partial charge in [-0.05, 0) is 19.1 Å². The fourth-order valence-electron chi connectivity index (χ4n) is 4.13. The topological polar surface area (TPSA) is 68.4 Å². The standard InChI is InChI=1S/C19H19NO5/c1-11-2-4-12(5-3-11)20-17(21)15-14-6-7-19(25-14,16(15)18(20)22)10-23-8-13-9-24-13/h2-7,13-16H,8-10H2,1H3/t13-,14-,15+,16+,19-/m1/s1. The number of imide groups is 1. The van der Waals surface area contributed by atoms with Crippen LogP contribution in [0.5, 0.6) is 0 Å². The Balaban J connectivity index is 1.43. The zero-order chi connectivity index (χ0) is 17.2. The summed E-state index contributed by atoms with van der Waals surface area (Å²) in [6.07, 6.45) is 3.59. The molecule has 4 aliphatic heterocycles. The minimum Gasteiger partial charge on any atom is -0.375 e. The molecule has 0 saturated carbocycles. The number of carbonyl (C=O) groups excluding carboxylic acids is 2. The monoisotopic (exact) mass is 341 g/mol. The predicted octanol–water partition coefficient (Wildman–Crippen LogP) is 1.22. The quantitative estimate of drug-likeness (QED) is 0.458. The summed E-state index contributed by atoms with van der Waals surface area (Å²) >= 11 is 0. The largest absolute Gasteiger partial charge is 0.375 e. The van der Waals surface area contributed by atoms with Gasteiger partial charge in [-0.25, -0.2) is 4.90 Å². The first-order chi connectivity index (χ1) is 12.1. The van der Waals surface area contributed by atoms with Crippen LogP contribution in [0, 0.1) is 18.8 Å². The summed E-state index contributed by atoms with van der Waals surface area (Å²) in [5, 5.41) is 0. The van der Waals surface area contributed by atoms with E-state index in [2.05, 4.69) is 0 Å². The van der Waals surface area contributed by atoms with Crippen molar-refractivity contribution in [3.63, 3.8) is 0 Å². The summed E-state index contributed by atoms with van der Waals surface area (Å²) < 4.78 is 16.9. The third-order valence-corrected chi connectivity index (χ3v) is 5.48. The number of fused-ring (bicyclic) bond motifs is 5. The van der Waals surface area contributed by atoms with Crippen LogP contribution in [0.2, 0.25) is 0 Å². The Morgan fingerprint density at radius 3 is 2.72 bits per heavy atom. The van der Waals surface area contributed by atoms with Gasteiger partial charge in [0.25, 0.3) is 0 Å². The van der Waals surface area contributed by atoms with E-state index in [0.29, 0.717) is 12.3 Å². The lowest BCUT2D eigenvalue weighted by molar-refractivity contribution is -0.129. The average Bonchev–Trinajstić information content (AvgIpc) is 3.15. The lowest BCUT2D eigenvalue weighted by Gasteiger charge is -2.28. The average molecular weight is 341 g/mol.